The number of carbonyl (C=O) groups is 1. The van der Waals surface area contributed by atoms with Crippen LogP contribution in [0, 0.1) is 0 Å². The highest BCUT2D eigenvalue weighted by Crippen LogP contribution is 2.22. The maximum atomic E-state index is 12.4. The van der Waals surface area contributed by atoms with Crippen LogP contribution in [0.2, 0.25) is 5.02 Å². The third-order valence-corrected chi connectivity index (χ3v) is 4.46. The molecule has 0 unspecified atom stereocenters. The summed E-state index contributed by atoms with van der Waals surface area (Å²) in [6, 6.07) is 5.00. The zero-order valence-corrected chi connectivity index (χ0v) is 14.5. The summed E-state index contributed by atoms with van der Waals surface area (Å²) in [5.74, 6) is 2.30. The van der Waals surface area contributed by atoms with Crippen molar-refractivity contribution in [2.24, 2.45) is 0 Å². The van der Waals surface area contributed by atoms with Gasteiger partial charge in [0.15, 0.2) is 0 Å². The molecule has 0 aliphatic carbocycles. The summed E-state index contributed by atoms with van der Waals surface area (Å²) in [6.45, 7) is 1.46. The summed E-state index contributed by atoms with van der Waals surface area (Å²) < 4.78 is 7.41. The van der Waals surface area contributed by atoms with Gasteiger partial charge in [-0.05, 0) is 31.0 Å². The third-order valence-electron chi connectivity index (χ3n) is 4.23. The highest BCUT2D eigenvalue weighted by Gasteiger charge is 2.16. The fourth-order valence-corrected chi connectivity index (χ4v) is 3.14. The fourth-order valence-electron chi connectivity index (χ4n) is 2.97. The van der Waals surface area contributed by atoms with Gasteiger partial charge in [-0.3, -0.25) is 4.79 Å². The van der Waals surface area contributed by atoms with Gasteiger partial charge in [0.1, 0.15) is 17.4 Å². The molecule has 0 fully saturated rings. The van der Waals surface area contributed by atoms with Crippen LogP contribution in [0.15, 0.2) is 18.2 Å². The number of amides is 1. The van der Waals surface area contributed by atoms with Crippen LogP contribution < -0.4 is 10.1 Å². The molecule has 0 atom stereocenters. The molecule has 1 amide bonds. The summed E-state index contributed by atoms with van der Waals surface area (Å²) in [6.07, 6.45) is 5.20. The summed E-state index contributed by atoms with van der Waals surface area (Å²) in [4.78, 5) is 12.4. The van der Waals surface area contributed by atoms with E-state index in [9.17, 15) is 4.79 Å². The second-order valence-electron chi connectivity index (χ2n) is 5.85. The largest absolute Gasteiger partial charge is 0.496 e. The minimum atomic E-state index is -0.204. The molecule has 0 bridgehead atoms. The lowest BCUT2D eigenvalue weighted by Gasteiger charge is -2.10. The van der Waals surface area contributed by atoms with E-state index >= 15 is 0 Å². The van der Waals surface area contributed by atoms with Crippen LogP contribution in [0.4, 0.5) is 0 Å². The topological polar surface area (TPSA) is 69.0 Å². The van der Waals surface area contributed by atoms with E-state index in [2.05, 4.69) is 20.1 Å². The normalized spacial score (nSPS) is 13.9. The standard InChI is InChI=1S/C17H21ClN4O2/c1-24-14-7-6-12(18)11-13(14)17(23)19-9-8-16-21-20-15-5-3-2-4-10-22(15)16/h6-7,11H,2-5,8-10H2,1H3,(H,19,23). The van der Waals surface area contributed by atoms with Gasteiger partial charge < -0.3 is 14.6 Å². The Morgan fingerprint density at radius 2 is 2.21 bits per heavy atom. The zero-order valence-electron chi connectivity index (χ0n) is 13.7. The predicted molar refractivity (Wildman–Crippen MR) is 91.6 cm³/mol. The minimum Gasteiger partial charge on any atom is -0.496 e. The first-order chi connectivity index (χ1) is 11.7. The Morgan fingerprint density at radius 1 is 1.33 bits per heavy atom. The number of ether oxygens (including phenoxy) is 1. The van der Waals surface area contributed by atoms with Gasteiger partial charge in [0, 0.05) is 31.0 Å². The lowest BCUT2D eigenvalue weighted by Crippen LogP contribution is -2.27. The maximum absolute atomic E-state index is 12.4. The van der Waals surface area contributed by atoms with Crippen molar-refractivity contribution in [2.45, 2.75) is 38.6 Å². The Hall–Kier alpha value is -2.08. The Morgan fingerprint density at radius 3 is 3.04 bits per heavy atom. The first-order valence-electron chi connectivity index (χ1n) is 8.21. The van der Waals surface area contributed by atoms with Crippen molar-refractivity contribution in [3.05, 3.63) is 40.4 Å². The van der Waals surface area contributed by atoms with Crippen molar-refractivity contribution < 1.29 is 9.53 Å². The molecular formula is C17H21ClN4O2. The third kappa shape index (κ3) is 3.70. The summed E-state index contributed by atoms with van der Waals surface area (Å²) in [7, 11) is 1.53. The second kappa shape index (κ2) is 7.66. The smallest absolute Gasteiger partial charge is 0.255 e. The maximum Gasteiger partial charge on any atom is 0.255 e. The summed E-state index contributed by atoms with van der Waals surface area (Å²) in [5.41, 5.74) is 0.435. The average Bonchev–Trinajstić information content (AvgIpc) is 2.81. The molecule has 1 aliphatic rings. The van der Waals surface area contributed by atoms with E-state index in [1.54, 1.807) is 18.2 Å². The van der Waals surface area contributed by atoms with E-state index in [0.717, 1.165) is 31.0 Å². The highest BCUT2D eigenvalue weighted by atomic mass is 35.5. The monoisotopic (exact) mass is 348 g/mol. The summed E-state index contributed by atoms with van der Waals surface area (Å²) >= 11 is 5.97. The Kier molecular flexibility index (Phi) is 5.35. The molecule has 0 saturated carbocycles. The Labute approximate surface area is 146 Å². The molecule has 2 aromatic rings. The van der Waals surface area contributed by atoms with Crippen molar-refractivity contribution in [3.63, 3.8) is 0 Å². The van der Waals surface area contributed by atoms with E-state index in [1.165, 1.54) is 20.0 Å². The number of aromatic nitrogens is 3. The minimum absolute atomic E-state index is 0.204. The highest BCUT2D eigenvalue weighted by molar-refractivity contribution is 6.31. The van der Waals surface area contributed by atoms with Crippen molar-refractivity contribution in [3.8, 4) is 5.75 Å². The molecule has 1 aromatic carbocycles. The number of hydrogen-bond donors (Lipinski definition) is 1. The van der Waals surface area contributed by atoms with Crippen molar-refractivity contribution in [2.75, 3.05) is 13.7 Å². The summed E-state index contributed by atoms with van der Waals surface area (Å²) in [5, 5.41) is 12.0. The molecule has 6 nitrogen and oxygen atoms in total. The number of aryl methyl sites for hydroxylation is 1. The molecular weight excluding hydrogens is 328 g/mol. The fraction of sp³-hybridized carbons (Fsp3) is 0.471. The van der Waals surface area contributed by atoms with E-state index in [-0.39, 0.29) is 5.91 Å². The molecule has 0 spiro atoms. The van der Waals surface area contributed by atoms with Crippen LogP contribution in [0.5, 0.6) is 5.75 Å². The molecule has 2 heterocycles. The van der Waals surface area contributed by atoms with Crippen LogP contribution in [0.25, 0.3) is 0 Å². The van der Waals surface area contributed by atoms with E-state index in [1.807, 2.05) is 0 Å². The van der Waals surface area contributed by atoms with Gasteiger partial charge in [0.25, 0.3) is 5.91 Å². The SMILES string of the molecule is COc1ccc(Cl)cc1C(=O)NCCc1nnc2n1CCCCC2. The van der Waals surface area contributed by atoms with Crippen molar-refractivity contribution in [1.82, 2.24) is 20.1 Å². The second-order valence-corrected chi connectivity index (χ2v) is 6.28. The number of benzene rings is 1. The van der Waals surface area contributed by atoms with Gasteiger partial charge in [-0.1, -0.05) is 18.0 Å². The van der Waals surface area contributed by atoms with Crippen LogP contribution in [0.1, 0.15) is 41.3 Å². The van der Waals surface area contributed by atoms with E-state index in [0.29, 0.717) is 29.3 Å². The van der Waals surface area contributed by atoms with Crippen LogP contribution in [-0.4, -0.2) is 34.3 Å². The first kappa shape index (κ1) is 16.8. The van der Waals surface area contributed by atoms with Gasteiger partial charge in [-0.25, -0.2) is 0 Å². The molecule has 1 N–H and O–H groups in total. The van der Waals surface area contributed by atoms with Crippen LogP contribution >= 0.6 is 11.6 Å². The van der Waals surface area contributed by atoms with E-state index in [4.69, 9.17) is 16.3 Å². The number of nitrogens with one attached hydrogen (secondary N) is 1. The number of hydrogen-bond acceptors (Lipinski definition) is 4. The van der Waals surface area contributed by atoms with Crippen LogP contribution in [0.3, 0.4) is 0 Å². The molecule has 1 aromatic heterocycles. The molecule has 128 valence electrons. The Bertz CT molecular complexity index is 729. The number of methoxy groups -OCH3 is 1. The number of rotatable bonds is 5. The molecule has 0 saturated heterocycles. The van der Waals surface area contributed by atoms with Crippen molar-refractivity contribution in [1.29, 1.82) is 0 Å². The van der Waals surface area contributed by atoms with Crippen molar-refractivity contribution >= 4 is 17.5 Å². The zero-order chi connectivity index (χ0) is 16.9. The number of fused-ring (bicyclic) bond motifs is 1. The van der Waals surface area contributed by atoms with Crippen LogP contribution in [-0.2, 0) is 19.4 Å². The van der Waals surface area contributed by atoms with Gasteiger partial charge >= 0.3 is 0 Å². The van der Waals surface area contributed by atoms with Gasteiger partial charge in [-0.15, -0.1) is 10.2 Å². The number of nitrogens with zero attached hydrogens (tertiary/aromatic N) is 3. The number of carbonyl (C=O) groups excluding carboxylic acids is 1. The average molecular weight is 349 g/mol. The Balaban J connectivity index is 1.62. The van der Waals surface area contributed by atoms with E-state index < -0.39 is 0 Å². The first-order valence-corrected chi connectivity index (χ1v) is 8.59. The molecule has 7 heteroatoms. The molecule has 3 rings (SSSR count). The lowest BCUT2D eigenvalue weighted by molar-refractivity contribution is 0.0951. The van der Waals surface area contributed by atoms with Gasteiger partial charge in [0.05, 0.1) is 12.7 Å². The molecule has 1 aliphatic heterocycles. The molecule has 24 heavy (non-hydrogen) atoms. The number of halogens is 1. The van der Waals surface area contributed by atoms with Gasteiger partial charge in [0.2, 0.25) is 0 Å². The molecule has 0 radical (unpaired) electrons. The quantitative estimate of drug-likeness (QED) is 0.901. The predicted octanol–water partition coefficient (Wildman–Crippen LogP) is 2.64. The van der Waals surface area contributed by atoms with Gasteiger partial charge in [-0.2, -0.15) is 0 Å². The lowest BCUT2D eigenvalue weighted by atomic mass is 10.2.